The summed E-state index contributed by atoms with van der Waals surface area (Å²) in [6.45, 7) is 7.07. The first kappa shape index (κ1) is 13.8. The Balaban J connectivity index is 1.86. The molecule has 1 spiro atoms. The molecule has 3 aliphatic carbocycles. The fourth-order valence-corrected chi connectivity index (χ4v) is 6.06. The van der Waals surface area contributed by atoms with Gasteiger partial charge in [0.2, 0.25) is 0 Å². The normalized spacial score (nSPS) is 30.7. The van der Waals surface area contributed by atoms with Crippen LogP contribution in [0.15, 0.2) is 42.5 Å². The maximum Gasteiger partial charge on any atom is 0.0246 e. The summed E-state index contributed by atoms with van der Waals surface area (Å²) in [6.07, 6.45) is 5.73. The molecule has 3 unspecified atom stereocenters. The number of hydrogen-bond donors (Lipinski definition) is 0. The first-order chi connectivity index (χ1) is 11.0. The van der Waals surface area contributed by atoms with Crippen molar-refractivity contribution in [3.8, 4) is 11.1 Å². The van der Waals surface area contributed by atoms with Gasteiger partial charge in [0.15, 0.2) is 0 Å². The van der Waals surface area contributed by atoms with Crippen molar-refractivity contribution in [3.05, 3.63) is 59.2 Å². The number of benzene rings is 2. The van der Waals surface area contributed by atoms with Crippen LogP contribution in [-0.2, 0) is 10.8 Å². The van der Waals surface area contributed by atoms with Crippen molar-refractivity contribution in [2.45, 2.75) is 57.3 Å². The molecule has 0 heteroatoms. The molecule has 2 saturated carbocycles. The molecule has 118 valence electrons. The van der Waals surface area contributed by atoms with Crippen LogP contribution in [0.2, 0.25) is 0 Å². The van der Waals surface area contributed by atoms with E-state index in [9.17, 15) is 0 Å². The van der Waals surface area contributed by atoms with Gasteiger partial charge in [-0.05, 0) is 64.3 Å². The Labute approximate surface area is 139 Å². The monoisotopic (exact) mass is 302 g/mol. The zero-order chi connectivity index (χ0) is 15.8. The maximum absolute atomic E-state index is 2.45. The lowest BCUT2D eigenvalue weighted by atomic mass is 9.66. The van der Waals surface area contributed by atoms with Crippen LogP contribution >= 0.6 is 0 Å². The molecular weight excluding hydrogens is 276 g/mol. The van der Waals surface area contributed by atoms with E-state index < -0.39 is 0 Å². The number of fused-ring (bicyclic) bond motifs is 8. The second kappa shape index (κ2) is 4.29. The van der Waals surface area contributed by atoms with E-state index in [2.05, 4.69) is 63.2 Å². The Morgan fingerprint density at radius 1 is 0.913 bits per heavy atom. The minimum Gasteiger partial charge on any atom is -0.0619 e. The third-order valence-electron chi connectivity index (χ3n) is 6.88. The average molecular weight is 302 g/mol. The molecule has 0 aliphatic heterocycles. The van der Waals surface area contributed by atoms with Gasteiger partial charge in [-0.3, -0.25) is 0 Å². The van der Waals surface area contributed by atoms with Gasteiger partial charge >= 0.3 is 0 Å². The minimum absolute atomic E-state index is 0.196. The molecule has 2 bridgehead atoms. The maximum atomic E-state index is 2.45. The van der Waals surface area contributed by atoms with E-state index in [0.717, 1.165) is 11.8 Å². The van der Waals surface area contributed by atoms with Gasteiger partial charge in [-0.2, -0.15) is 0 Å². The standard InChI is InChI=1S/C23H26/c1-22(2,3)19-9-6-10-20-21(19)17-7-4-5-8-18(17)23(20)14-15-11-12-16(23)13-15/h4-10,15-16H,11-14H2,1-3H3. The van der Waals surface area contributed by atoms with Gasteiger partial charge < -0.3 is 0 Å². The van der Waals surface area contributed by atoms with Gasteiger partial charge in [0, 0.05) is 5.41 Å². The Kier molecular flexibility index (Phi) is 2.58. The molecule has 0 N–H and O–H groups in total. The smallest absolute Gasteiger partial charge is 0.0246 e. The molecule has 0 amide bonds. The SMILES string of the molecule is CC(C)(C)c1cccc2c1-c1ccccc1C21CC2CCC1C2. The van der Waals surface area contributed by atoms with Gasteiger partial charge in [0.1, 0.15) is 0 Å². The van der Waals surface area contributed by atoms with E-state index >= 15 is 0 Å². The zero-order valence-electron chi connectivity index (χ0n) is 14.5. The molecule has 0 heterocycles. The highest BCUT2D eigenvalue weighted by atomic mass is 14.6. The van der Waals surface area contributed by atoms with Gasteiger partial charge in [-0.1, -0.05) is 69.7 Å². The van der Waals surface area contributed by atoms with E-state index in [1.165, 1.54) is 36.8 Å². The van der Waals surface area contributed by atoms with Crippen molar-refractivity contribution in [1.29, 1.82) is 0 Å². The van der Waals surface area contributed by atoms with Crippen LogP contribution in [0.3, 0.4) is 0 Å². The van der Waals surface area contributed by atoms with Crippen LogP contribution in [0.4, 0.5) is 0 Å². The van der Waals surface area contributed by atoms with Crippen LogP contribution in [0.5, 0.6) is 0 Å². The average Bonchev–Trinajstić information content (AvgIpc) is 3.21. The topological polar surface area (TPSA) is 0 Å². The Bertz CT molecular complexity index is 792. The fourth-order valence-electron chi connectivity index (χ4n) is 6.06. The van der Waals surface area contributed by atoms with E-state index in [1.807, 2.05) is 0 Å². The van der Waals surface area contributed by atoms with Crippen molar-refractivity contribution in [3.63, 3.8) is 0 Å². The van der Waals surface area contributed by atoms with Crippen LogP contribution in [-0.4, -0.2) is 0 Å². The van der Waals surface area contributed by atoms with Crippen molar-refractivity contribution in [2.24, 2.45) is 11.8 Å². The summed E-state index contributed by atoms with van der Waals surface area (Å²) in [5.74, 6) is 1.82. The lowest BCUT2D eigenvalue weighted by Gasteiger charge is -2.36. The van der Waals surface area contributed by atoms with Crippen LogP contribution in [0.1, 0.15) is 63.1 Å². The third-order valence-corrected chi connectivity index (χ3v) is 6.88. The van der Waals surface area contributed by atoms with Crippen molar-refractivity contribution in [2.75, 3.05) is 0 Å². The second-order valence-corrected chi connectivity index (χ2v) is 9.08. The molecule has 0 aromatic heterocycles. The van der Waals surface area contributed by atoms with E-state index in [4.69, 9.17) is 0 Å². The zero-order valence-corrected chi connectivity index (χ0v) is 14.5. The first-order valence-electron chi connectivity index (χ1n) is 9.25. The molecule has 23 heavy (non-hydrogen) atoms. The van der Waals surface area contributed by atoms with Gasteiger partial charge in [0.05, 0.1) is 0 Å². The van der Waals surface area contributed by atoms with Crippen molar-refractivity contribution >= 4 is 0 Å². The summed E-state index contributed by atoms with van der Waals surface area (Å²) < 4.78 is 0. The lowest BCUT2D eigenvalue weighted by Crippen LogP contribution is -2.31. The predicted octanol–water partition coefficient (Wildman–Crippen LogP) is 6.07. The van der Waals surface area contributed by atoms with Crippen LogP contribution < -0.4 is 0 Å². The molecular formula is C23H26. The summed E-state index contributed by atoms with van der Waals surface area (Å²) in [5.41, 5.74) is 8.44. The minimum atomic E-state index is 0.196. The van der Waals surface area contributed by atoms with Gasteiger partial charge in [0.25, 0.3) is 0 Å². The molecule has 2 aromatic carbocycles. The van der Waals surface area contributed by atoms with Crippen molar-refractivity contribution < 1.29 is 0 Å². The van der Waals surface area contributed by atoms with E-state index in [1.54, 1.807) is 16.7 Å². The highest BCUT2D eigenvalue weighted by Gasteiger charge is 2.57. The Hall–Kier alpha value is -1.56. The predicted molar refractivity (Wildman–Crippen MR) is 96.8 cm³/mol. The van der Waals surface area contributed by atoms with Gasteiger partial charge in [-0.15, -0.1) is 0 Å². The highest BCUT2D eigenvalue weighted by molar-refractivity contribution is 5.84. The van der Waals surface area contributed by atoms with E-state index in [-0.39, 0.29) is 5.41 Å². The largest absolute Gasteiger partial charge is 0.0619 e. The quantitative estimate of drug-likeness (QED) is 0.554. The number of hydrogen-bond acceptors (Lipinski definition) is 0. The van der Waals surface area contributed by atoms with E-state index in [0.29, 0.717) is 5.41 Å². The molecule has 2 aromatic rings. The van der Waals surface area contributed by atoms with Crippen LogP contribution in [0, 0.1) is 11.8 Å². The fraction of sp³-hybridized carbons (Fsp3) is 0.478. The third kappa shape index (κ3) is 1.62. The van der Waals surface area contributed by atoms with Gasteiger partial charge in [-0.25, -0.2) is 0 Å². The first-order valence-corrected chi connectivity index (χ1v) is 9.25. The molecule has 3 atom stereocenters. The molecule has 3 aliphatic rings. The molecule has 0 nitrogen and oxygen atoms in total. The lowest BCUT2D eigenvalue weighted by molar-refractivity contribution is 0.327. The second-order valence-electron chi connectivity index (χ2n) is 9.08. The molecule has 2 fully saturated rings. The molecule has 0 radical (unpaired) electrons. The molecule has 0 saturated heterocycles. The molecule has 5 rings (SSSR count). The highest BCUT2D eigenvalue weighted by Crippen LogP contribution is 2.66. The van der Waals surface area contributed by atoms with Crippen LogP contribution in [0.25, 0.3) is 11.1 Å². The summed E-state index contributed by atoms with van der Waals surface area (Å²) >= 11 is 0. The van der Waals surface area contributed by atoms with Crippen molar-refractivity contribution in [1.82, 2.24) is 0 Å². The summed E-state index contributed by atoms with van der Waals surface area (Å²) in [6, 6.07) is 16.4. The summed E-state index contributed by atoms with van der Waals surface area (Å²) in [4.78, 5) is 0. The Morgan fingerprint density at radius 2 is 1.70 bits per heavy atom. The summed E-state index contributed by atoms with van der Waals surface area (Å²) in [5, 5.41) is 0. The Morgan fingerprint density at radius 3 is 2.39 bits per heavy atom. The summed E-state index contributed by atoms with van der Waals surface area (Å²) in [7, 11) is 0. The number of rotatable bonds is 0.